The van der Waals surface area contributed by atoms with Crippen LogP contribution in [0.5, 0.6) is 0 Å². The lowest BCUT2D eigenvalue weighted by Gasteiger charge is -2.34. The molecule has 3 aromatic heterocycles. The summed E-state index contributed by atoms with van der Waals surface area (Å²) < 4.78 is 3.59. The van der Waals surface area contributed by atoms with Crippen LogP contribution in [0.25, 0.3) is 5.52 Å². The van der Waals surface area contributed by atoms with Crippen molar-refractivity contribution in [2.45, 2.75) is 18.7 Å². The topological polar surface area (TPSA) is 62.9 Å². The van der Waals surface area contributed by atoms with Gasteiger partial charge in [-0.15, -0.1) is 0 Å². The Balaban J connectivity index is 1.17. The van der Waals surface area contributed by atoms with Gasteiger partial charge in [-0.25, -0.2) is 4.68 Å². The first-order valence-electron chi connectivity index (χ1n) is 10.4. The van der Waals surface area contributed by atoms with Gasteiger partial charge in [0, 0.05) is 68.9 Å². The number of fused-ring (bicyclic) bond motifs is 2. The molecule has 0 spiro atoms. The van der Waals surface area contributed by atoms with Gasteiger partial charge in [-0.3, -0.25) is 14.5 Å². The Morgan fingerprint density at radius 1 is 1.10 bits per heavy atom. The molecule has 0 saturated carbocycles. The van der Waals surface area contributed by atoms with Gasteiger partial charge in [0.1, 0.15) is 0 Å². The predicted octanol–water partition coefficient (Wildman–Crippen LogP) is 1.74. The summed E-state index contributed by atoms with van der Waals surface area (Å²) in [5.41, 5.74) is 3.92. The molecule has 2 aliphatic rings. The molecule has 30 heavy (non-hydrogen) atoms. The number of pyridine rings is 1. The van der Waals surface area contributed by atoms with E-state index < -0.39 is 0 Å². The molecule has 0 radical (unpaired) electrons. The van der Waals surface area contributed by atoms with E-state index in [1.54, 1.807) is 10.7 Å². The summed E-state index contributed by atoms with van der Waals surface area (Å²) in [6.45, 7) is 4.41. The number of aromatic nitrogens is 3. The zero-order valence-electron chi connectivity index (χ0n) is 16.9. The Bertz CT molecular complexity index is 1100. The maximum Gasteiger partial charge on any atom is 0.267 e. The van der Waals surface area contributed by atoms with Gasteiger partial charge in [0.25, 0.3) is 11.5 Å². The van der Waals surface area contributed by atoms with Crippen LogP contribution in [0.15, 0.2) is 47.5 Å². The van der Waals surface area contributed by atoms with Gasteiger partial charge in [0.2, 0.25) is 0 Å². The number of carbonyl (C=O) groups excluding carboxylic acids is 1. The molecule has 5 rings (SSSR count). The maximum absolute atomic E-state index is 12.9. The molecule has 3 aromatic rings. The Kier molecular flexibility index (Phi) is 5.35. The molecule has 1 fully saturated rings. The molecule has 0 atom stereocenters. The molecule has 5 heterocycles. The monoisotopic (exact) mass is 423 g/mol. The van der Waals surface area contributed by atoms with Crippen LogP contribution in [0.1, 0.15) is 21.6 Å². The van der Waals surface area contributed by atoms with Crippen molar-refractivity contribution in [1.29, 1.82) is 0 Å². The number of carbonyl (C=O) groups is 1. The molecule has 0 unspecified atom stereocenters. The summed E-state index contributed by atoms with van der Waals surface area (Å²) in [6, 6.07) is 9.64. The van der Waals surface area contributed by atoms with Crippen molar-refractivity contribution < 1.29 is 4.79 Å². The number of thioether (sulfide) groups is 1. The minimum Gasteiger partial charge on any atom is -0.336 e. The Morgan fingerprint density at radius 2 is 1.97 bits per heavy atom. The first-order chi connectivity index (χ1) is 14.7. The number of rotatable bonds is 4. The van der Waals surface area contributed by atoms with Crippen molar-refractivity contribution in [3.63, 3.8) is 0 Å². The van der Waals surface area contributed by atoms with E-state index in [2.05, 4.69) is 10.00 Å². The third-order valence-corrected chi connectivity index (χ3v) is 6.95. The molecule has 0 bridgehead atoms. The average molecular weight is 424 g/mol. The highest BCUT2D eigenvalue weighted by atomic mass is 32.2. The highest BCUT2D eigenvalue weighted by Gasteiger charge is 2.23. The van der Waals surface area contributed by atoms with Crippen molar-refractivity contribution in [3.05, 3.63) is 69.9 Å². The van der Waals surface area contributed by atoms with E-state index in [0.29, 0.717) is 19.6 Å². The smallest absolute Gasteiger partial charge is 0.267 e. The molecule has 1 amide bonds. The van der Waals surface area contributed by atoms with Crippen molar-refractivity contribution >= 4 is 23.2 Å². The summed E-state index contributed by atoms with van der Waals surface area (Å²) in [4.78, 5) is 29.5. The van der Waals surface area contributed by atoms with Gasteiger partial charge in [-0.05, 0) is 29.5 Å². The van der Waals surface area contributed by atoms with E-state index in [1.165, 1.54) is 0 Å². The van der Waals surface area contributed by atoms with Crippen LogP contribution < -0.4 is 5.56 Å². The van der Waals surface area contributed by atoms with Crippen LogP contribution in [-0.4, -0.2) is 68.4 Å². The molecule has 7 nitrogen and oxygen atoms in total. The zero-order chi connectivity index (χ0) is 20.5. The summed E-state index contributed by atoms with van der Waals surface area (Å²) in [5.74, 6) is 2.06. The van der Waals surface area contributed by atoms with Crippen molar-refractivity contribution in [2.24, 2.45) is 0 Å². The van der Waals surface area contributed by atoms with Crippen LogP contribution in [0.2, 0.25) is 0 Å². The Morgan fingerprint density at radius 3 is 2.80 bits per heavy atom. The van der Waals surface area contributed by atoms with Crippen molar-refractivity contribution in [2.75, 3.05) is 38.5 Å². The van der Waals surface area contributed by atoms with Crippen LogP contribution in [0, 0.1) is 0 Å². The summed E-state index contributed by atoms with van der Waals surface area (Å²) in [7, 11) is 0. The summed E-state index contributed by atoms with van der Waals surface area (Å²) in [5, 5.41) is 4.60. The number of nitrogens with zero attached hydrogens (tertiary/aromatic N) is 5. The Labute approximate surface area is 179 Å². The van der Waals surface area contributed by atoms with Gasteiger partial charge < -0.3 is 9.30 Å². The highest BCUT2D eigenvalue weighted by molar-refractivity contribution is 7.98. The SMILES string of the molecule is O=C(c1cc2ccccn2c1)N1CCN(CCn2nc3c(cc2=O)CSCC3)CC1. The fourth-order valence-corrected chi connectivity index (χ4v) is 5.13. The van der Waals surface area contributed by atoms with Crippen molar-refractivity contribution in [3.8, 4) is 0 Å². The first-order valence-corrected chi connectivity index (χ1v) is 11.6. The zero-order valence-corrected chi connectivity index (χ0v) is 17.7. The quantitative estimate of drug-likeness (QED) is 0.640. The molecule has 8 heteroatoms. The second-order valence-electron chi connectivity index (χ2n) is 7.88. The first kappa shape index (κ1) is 19.4. The lowest BCUT2D eigenvalue weighted by Crippen LogP contribution is -2.49. The second kappa shape index (κ2) is 8.28. The van der Waals surface area contributed by atoms with Crippen LogP contribution in [0.3, 0.4) is 0 Å². The molecule has 2 aliphatic heterocycles. The number of aryl methyl sites for hydroxylation is 1. The molecule has 156 valence electrons. The molecular weight excluding hydrogens is 398 g/mol. The normalized spacial score (nSPS) is 17.3. The highest BCUT2D eigenvalue weighted by Crippen LogP contribution is 2.21. The number of hydrogen-bond acceptors (Lipinski definition) is 5. The molecule has 0 aliphatic carbocycles. The van der Waals surface area contributed by atoms with E-state index >= 15 is 0 Å². The van der Waals surface area contributed by atoms with Crippen LogP contribution in [-0.2, 0) is 18.7 Å². The van der Waals surface area contributed by atoms with E-state index in [0.717, 1.165) is 59.9 Å². The fraction of sp³-hybridized carbons (Fsp3) is 0.409. The maximum atomic E-state index is 12.9. The number of hydrogen-bond donors (Lipinski definition) is 0. The fourth-order valence-electron chi connectivity index (χ4n) is 4.18. The van der Waals surface area contributed by atoms with Gasteiger partial charge >= 0.3 is 0 Å². The number of amides is 1. The molecule has 1 saturated heterocycles. The summed E-state index contributed by atoms with van der Waals surface area (Å²) in [6.07, 6.45) is 4.80. The van der Waals surface area contributed by atoms with Gasteiger partial charge in [0.15, 0.2) is 0 Å². The minimum absolute atomic E-state index is 0.00848. The van der Waals surface area contributed by atoms with E-state index in [1.807, 2.05) is 57.7 Å². The van der Waals surface area contributed by atoms with Gasteiger partial charge in [-0.2, -0.15) is 16.9 Å². The lowest BCUT2D eigenvalue weighted by atomic mass is 10.2. The van der Waals surface area contributed by atoms with Gasteiger partial charge in [0.05, 0.1) is 17.8 Å². The minimum atomic E-state index is -0.00848. The Hall–Kier alpha value is -2.58. The van der Waals surface area contributed by atoms with E-state index in [-0.39, 0.29) is 11.5 Å². The predicted molar refractivity (Wildman–Crippen MR) is 118 cm³/mol. The van der Waals surface area contributed by atoms with Gasteiger partial charge in [-0.1, -0.05) is 6.07 Å². The van der Waals surface area contributed by atoms with Crippen molar-refractivity contribution in [1.82, 2.24) is 24.0 Å². The largest absolute Gasteiger partial charge is 0.336 e. The summed E-state index contributed by atoms with van der Waals surface area (Å²) >= 11 is 1.86. The number of piperazine rings is 1. The third kappa shape index (κ3) is 3.89. The van der Waals surface area contributed by atoms with E-state index in [9.17, 15) is 9.59 Å². The van der Waals surface area contributed by atoms with E-state index in [4.69, 9.17) is 0 Å². The molecule has 0 N–H and O–H groups in total. The molecule has 0 aromatic carbocycles. The lowest BCUT2D eigenvalue weighted by molar-refractivity contribution is 0.0631. The van der Waals surface area contributed by atoms with Crippen LogP contribution in [0.4, 0.5) is 0 Å². The molecular formula is C22H25N5O2S. The second-order valence-corrected chi connectivity index (χ2v) is 8.98. The third-order valence-electron chi connectivity index (χ3n) is 5.94. The van der Waals surface area contributed by atoms with Crippen LogP contribution >= 0.6 is 11.8 Å². The average Bonchev–Trinajstić information content (AvgIpc) is 3.22. The standard InChI is InChI=1S/C22H25N5O2S/c28-21-14-18-16-30-12-4-20(18)23-27(21)11-8-24-6-9-25(10-7-24)22(29)17-13-19-3-1-2-5-26(19)15-17/h1-3,5,13-15H,4,6-12,16H2.